The van der Waals surface area contributed by atoms with E-state index in [2.05, 4.69) is 15.3 Å². The van der Waals surface area contributed by atoms with Crippen LogP contribution in [-0.4, -0.2) is 19.8 Å². The van der Waals surface area contributed by atoms with E-state index in [1.54, 1.807) is 0 Å². The van der Waals surface area contributed by atoms with Crippen molar-refractivity contribution in [2.45, 2.75) is 25.4 Å². The second kappa shape index (κ2) is 6.74. The van der Waals surface area contributed by atoms with Crippen molar-refractivity contribution in [1.82, 2.24) is 19.8 Å². The van der Waals surface area contributed by atoms with E-state index in [0.717, 1.165) is 5.57 Å². The van der Waals surface area contributed by atoms with Gasteiger partial charge in [-0.05, 0) is 37.6 Å². The van der Waals surface area contributed by atoms with Crippen molar-refractivity contribution < 1.29 is 22.3 Å². The number of fused-ring (bicyclic) bond motifs is 1. The molecule has 9 heteroatoms. The molecule has 0 radical (unpaired) electrons. The summed E-state index contributed by atoms with van der Waals surface area (Å²) in [7, 11) is 0. The molecule has 144 valence electrons. The number of alkyl halides is 3. The number of rotatable bonds is 3. The van der Waals surface area contributed by atoms with Crippen LogP contribution < -0.4 is 4.74 Å². The van der Waals surface area contributed by atoms with E-state index in [0.29, 0.717) is 22.2 Å². The van der Waals surface area contributed by atoms with E-state index in [-0.39, 0.29) is 17.4 Å². The van der Waals surface area contributed by atoms with Gasteiger partial charge in [0, 0.05) is 17.5 Å². The molecule has 1 aromatic carbocycles. The van der Waals surface area contributed by atoms with E-state index in [1.165, 1.54) is 30.3 Å². The van der Waals surface area contributed by atoms with E-state index in [4.69, 9.17) is 4.74 Å². The van der Waals surface area contributed by atoms with Crippen LogP contribution in [0.2, 0.25) is 0 Å². The van der Waals surface area contributed by atoms with Crippen molar-refractivity contribution in [2.24, 2.45) is 0 Å². The second-order valence-corrected chi connectivity index (χ2v) is 6.40. The van der Waals surface area contributed by atoms with Gasteiger partial charge in [0.1, 0.15) is 11.6 Å². The third kappa shape index (κ3) is 3.47. The Labute approximate surface area is 157 Å². The number of benzene rings is 1. The van der Waals surface area contributed by atoms with E-state index in [1.807, 2.05) is 25.2 Å². The first-order valence-corrected chi connectivity index (χ1v) is 8.43. The molecule has 0 aliphatic heterocycles. The summed E-state index contributed by atoms with van der Waals surface area (Å²) in [6, 6.07) is 6.74. The predicted molar refractivity (Wildman–Crippen MR) is 92.5 cm³/mol. The lowest BCUT2D eigenvalue weighted by atomic mass is 9.89. The van der Waals surface area contributed by atoms with Crippen LogP contribution in [0.15, 0.2) is 54.1 Å². The first-order valence-electron chi connectivity index (χ1n) is 8.43. The molecule has 1 unspecified atom stereocenters. The number of halogens is 4. The van der Waals surface area contributed by atoms with Crippen LogP contribution in [0.1, 0.15) is 30.7 Å². The molecule has 0 saturated carbocycles. The normalized spacial score (nSPS) is 17.0. The van der Waals surface area contributed by atoms with Crippen molar-refractivity contribution in [3.05, 3.63) is 71.3 Å². The zero-order chi connectivity index (χ0) is 19.9. The Bertz CT molecular complexity index is 1100. The topological polar surface area (TPSA) is 52.3 Å². The lowest BCUT2D eigenvalue weighted by Gasteiger charge is -2.19. The predicted octanol–water partition coefficient (Wildman–Crippen LogP) is 5.06. The lowest BCUT2D eigenvalue weighted by Crippen LogP contribution is -2.12. The first-order chi connectivity index (χ1) is 13.3. The maximum Gasteiger partial charge on any atom is 0.453 e. The summed E-state index contributed by atoms with van der Waals surface area (Å²) in [6.07, 6.45) is 1.89. The standard InChI is InChI=1S/C19H14F4N4O/c1-11-3-2-4-12(9-11)14-10-13(20)5-6-15(14)28-17-8-7-16-24-25-18(19(21,22)23)27(16)26-17/h2-3,5-10,12H,4H2,1H3. The van der Waals surface area contributed by atoms with Crippen molar-refractivity contribution in [1.29, 1.82) is 0 Å². The highest BCUT2D eigenvalue weighted by atomic mass is 19.4. The van der Waals surface area contributed by atoms with Gasteiger partial charge in [-0.1, -0.05) is 23.8 Å². The fourth-order valence-electron chi connectivity index (χ4n) is 3.08. The van der Waals surface area contributed by atoms with Gasteiger partial charge in [-0.15, -0.1) is 15.3 Å². The minimum Gasteiger partial charge on any atom is -0.437 e. The van der Waals surface area contributed by atoms with Crippen molar-refractivity contribution in [3.8, 4) is 11.6 Å². The second-order valence-electron chi connectivity index (χ2n) is 6.40. The Balaban J connectivity index is 1.73. The van der Waals surface area contributed by atoms with Crippen molar-refractivity contribution in [3.63, 3.8) is 0 Å². The molecule has 1 aliphatic carbocycles. The fourth-order valence-corrected chi connectivity index (χ4v) is 3.08. The van der Waals surface area contributed by atoms with Crippen LogP contribution in [-0.2, 0) is 6.18 Å². The summed E-state index contributed by atoms with van der Waals surface area (Å²) in [5, 5.41) is 10.4. The number of allylic oxidation sites excluding steroid dienone is 4. The third-order valence-electron chi connectivity index (χ3n) is 4.31. The van der Waals surface area contributed by atoms with Crippen LogP contribution in [0.4, 0.5) is 17.6 Å². The van der Waals surface area contributed by atoms with Gasteiger partial charge in [0.25, 0.3) is 5.82 Å². The highest BCUT2D eigenvalue weighted by Gasteiger charge is 2.37. The van der Waals surface area contributed by atoms with Gasteiger partial charge in [0.15, 0.2) is 5.65 Å². The number of hydrogen-bond acceptors (Lipinski definition) is 4. The molecule has 0 saturated heterocycles. The molecular weight excluding hydrogens is 376 g/mol. The average molecular weight is 390 g/mol. The number of aromatic nitrogens is 4. The monoisotopic (exact) mass is 390 g/mol. The van der Waals surface area contributed by atoms with Crippen LogP contribution in [0, 0.1) is 5.82 Å². The van der Waals surface area contributed by atoms with Gasteiger partial charge in [0.05, 0.1) is 0 Å². The molecule has 5 nitrogen and oxygen atoms in total. The lowest BCUT2D eigenvalue weighted by molar-refractivity contribution is -0.146. The molecule has 0 N–H and O–H groups in total. The Morgan fingerprint density at radius 1 is 1.14 bits per heavy atom. The van der Waals surface area contributed by atoms with E-state index < -0.39 is 17.8 Å². The molecule has 0 spiro atoms. The average Bonchev–Trinajstić information content (AvgIpc) is 3.07. The summed E-state index contributed by atoms with van der Waals surface area (Å²) >= 11 is 0. The molecule has 3 aromatic rings. The Morgan fingerprint density at radius 3 is 2.71 bits per heavy atom. The highest BCUT2D eigenvalue weighted by molar-refractivity contribution is 5.44. The van der Waals surface area contributed by atoms with Gasteiger partial charge in [0.2, 0.25) is 5.88 Å². The maximum atomic E-state index is 13.8. The van der Waals surface area contributed by atoms with E-state index >= 15 is 0 Å². The van der Waals surface area contributed by atoms with Crippen LogP contribution in [0.25, 0.3) is 5.65 Å². The Kier molecular flexibility index (Phi) is 4.37. The largest absolute Gasteiger partial charge is 0.453 e. The zero-order valence-electron chi connectivity index (χ0n) is 14.6. The molecule has 1 atom stereocenters. The van der Waals surface area contributed by atoms with Gasteiger partial charge >= 0.3 is 6.18 Å². The van der Waals surface area contributed by atoms with Crippen LogP contribution >= 0.6 is 0 Å². The molecule has 0 bridgehead atoms. The molecule has 28 heavy (non-hydrogen) atoms. The third-order valence-corrected chi connectivity index (χ3v) is 4.31. The molecule has 1 aliphatic rings. The Morgan fingerprint density at radius 2 is 1.96 bits per heavy atom. The minimum atomic E-state index is -4.71. The smallest absolute Gasteiger partial charge is 0.437 e. The summed E-state index contributed by atoms with van der Waals surface area (Å²) < 4.78 is 59.2. The van der Waals surface area contributed by atoms with Crippen LogP contribution in [0.5, 0.6) is 11.6 Å². The number of hydrogen-bond donors (Lipinski definition) is 0. The zero-order valence-corrected chi connectivity index (χ0v) is 14.6. The maximum absolute atomic E-state index is 13.8. The van der Waals surface area contributed by atoms with Crippen molar-refractivity contribution >= 4 is 5.65 Å². The molecule has 2 heterocycles. The SMILES string of the molecule is CC1=CC(c2cc(F)ccc2Oc2ccc3nnc(C(F)(F)F)n3n2)CC=C1. The van der Waals surface area contributed by atoms with Gasteiger partial charge in [-0.2, -0.15) is 17.7 Å². The quantitative estimate of drug-likeness (QED) is 0.587. The van der Waals surface area contributed by atoms with Crippen molar-refractivity contribution in [2.75, 3.05) is 0 Å². The Hall–Kier alpha value is -3.23. The number of nitrogens with zero attached hydrogens (tertiary/aromatic N) is 4. The highest BCUT2D eigenvalue weighted by Crippen LogP contribution is 2.36. The van der Waals surface area contributed by atoms with Gasteiger partial charge < -0.3 is 4.74 Å². The summed E-state index contributed by atoms with van der Waals surface area (Å²) in [5.41, 5.74) is 1.56. The molecule has 0 fully saturated rings. The van der Waals surface area contributed by atoms with E-state index in [9.17, 15) is 17.6 Å². The molecular formula is C19H14F4N4O. The molecule has 0 amide bonds. The molecule has 4 rings (SSSR count). The molecule has 2 aromatic heterocycles. The fraction of sp³-hybridized carbons (Fsp3) is 0.211. The first kappa shape index (κ1) is 18.1. The van der Waals surface area contributed by atoms with Crippen LogP contribution in [0.3, 0.4) is 0 Å². The van der Waals surface area contributed by atoms with Gasteiger partial charge in [-0.3, -0.25) is 0 Å². The summed E-state index contributed by atoms with van der Waals surface area (Å²) in [4.78, 5) is 0. The van der Waals surface area contributed by atoms with Gasteiger partial charge in [-0.25, -0.2) is 4.39 Å². The summed E-state index contributed by atoms with van der Waals surface area (Å²) in [6.45, 7) is 1.93. The minimum absolute atomic E-state index is 0.0602. The number of ether oxygens (including phenoxy) is 1. The summed E-state index contributed by atoms with van der Waals surface area (Å²) in [5.74, 6) is -1.55.